The van der Waals surface area contributed by atoms with Crippen LogP contribution in [0.2, 0.25) is 0 Å². The summed E-state index contributed by atoms with van der Waals surface area (Å²) in [5, 5.41) is 15.1. The van der Waals surface area contributed by atoms with E-state index in [4.69, 9.17) is 4.99 Å². The number of carbonyl (C=O) groups excluding carboxylic acids is 1. The number of thiophene rings is 1. The number of para-hydroxylation sites is 1. The first kappa shape index (κ1) is 24.6. The lowest BCUT2D eigenvalue weighted by Crippen LogP contribution is -2.15. The van der Waals surface area contributed by atoms with Crippen LogP contribution in [0.5, 0.6) is 0 Å². The first-order valence-electron chi connectivity index (χ1n) is 12.4. The minimum absolute atomic E-state index is 0.0438. The van der Waals surface area contributed by atoms with E-state index in [0.29, 0.717) is 6.42 Å². The fourth-order valence-corrected chi connectivity index (χ4v) is 6.23. The van der Waals surface area contributed by atoms with Gasteiger partial charge in [-0.25, -0.2) is 4.99 Å². The zero-order valence-electron chi connectivity index (χ0n) is 20.9. The molecule has 0 saturated carbocycles. The van der Waals surface area contributed by atoms with Crippen molar-refractivity contribution in [1.82, 2.24) is 4.57 Å². The van der Waals surface area contributed by atoms with Crippen molar-refractivity contribution in [3.8, 4) is 5.69 Å². The summed E-state index contributed by atoms with van der Waals surface area (Å²) in [7, 11) is 0. The highest BCUT2D eigenvalue weighted by Crippen LogP contribution is 2.40. The molecule has 0 saturated heterocycles. The van der Waals surface area contributed by atoms with Gasteiger partial charge >= 0.3 is 0 Å². The number of aryl methyl sites for hydroxylation is 2. The van der Waals surface area contributed by atoms with E-state index in [0.717, 1.165) is 64.6 Å². The van der Waals surface area contributed by atoms with Crippen LogP contribution in [0, 0.1) is 24.0 Å². The summed E-state index contributed by atoms with van der Waals surface area (Å²) < 4.78 is 2.00. The normalized spacial score (nSPS) is 13.0. The maximum absolute atomic E-state index is 12.9. The number of nitrogens with zero attached hydrogens (tertiary/aromatic N) is 3. The molecule has 5 rings (SSSR count). The Morgan fingerprint density at radius 3 is 2.68 bits per heavy atom. The van der Waals surface area contributed by atoms with E-state index in [1.165, 1.54) is 16.5 Å². The molecule has 1 aliphatic carbocycles. The molecule has 2 aromatic carbocycles. The van der Waals surface area contributed by atoms with Crippen molar-refractivity contribution < 1.29 is 9.72 Å². The third-order valence-electron chi connectivity index (χ3n) is 6.74. The highest BCUT2D eigenvalue weighted by atomic mass is 32.1. The molecule has 2 aromatic heterocycles. The lowest BCUT2D eigenvalue weighted by Gasteiger charge is -2.13. The Labute approximate surface area is 219 Å². The zero-order valence-corrected chi connectivity index (χ0v) is 21.7. The highest BCUT2D eigenvalue weighted by molar-refractivity contribution is 7.16. The molecule has 0 bridgehead atoms. The van der Waals surface area contributed by atoms with Crippen molar-refractivity contribution in [1.29, 1.82) is 0 Å². The van der Waals surface area contributed by atoms with Crippen LogP contribution in [0.1, 0.15) is 45.8 Å². The largest absolute Gasteiger partial charge is 0.326 e. The molecule has 0 radical (unpaired) electrons. The number of carbonyl (C=O) groups is 1. The van der Waals surface area contributed by atoms with Crippen molar-refractivity contribution >= 4 is 39.8 Å². The fourth-order valence-electron chi connectivity index (χ4n) is 4.98. The number of hydrogen-bond acceptors (Lipinski definition) is 5. The molecule has 37 heavy (non-hydrogen) atoms. The number of rotatable bonds is 7. The molecule has 1 amide bonds. The summed E-state index contributed by atoms with van der Waals surface area (Å²) in [6.07, 6.45) is 6.45. The Bertz CT molecular complexity index is 1500. The molecule has 0 aliphatic heterocycles. The average Bonchev–Trinajstić information content (AvgIpc) is 3.38. The number of anilines is 1. The summed E-state index contributed by atoms with van der Waals surface area (Å²) in [5.74, 6) is -0.0438. The summed E-state index contributed by atoms with van der Waals surface area (Å²) in [6, 6.07) is 18.2. The molecule has 0 unspecified atom stereocenters. The molecule has 0 spiro atoms. The minimum atomic E-state index is -0.381. The number of nitro benzene ring substituents is 1. The van der Waals surface area contributed by atoms with Crippen LogP contribution in [0.3, 0.4) is 0 Å². The molecule has 188 valence electrons. The van der Waals surface area contributed by atoms with Crippen LogP contribution in [0.15, 0.2) is 65.7 Å². The van der Waals surface area contributed by atoms with Gasteiger partial charge in [-0.05, 0) is 69.4 Å². The number of nitrogens with one attached hydrogen (secondary N) is 1. The summed E-state index contributed by atoms with van der Waals surface area (Å²) in [4.78, 5) is 30.0. The predicted molar refractivity (Wildman–Crippen MR) is 149 cm³/mol. The second-order valence-corrected chi connectivity index (χ2v) is 10.4. The van der Waals surface area contributed by atoms with Crippen molar-refractivity contribution in [2.24, 2.45) is 4.99 Å². The molecule has 7 nitrogen and oxygen atoms in total. The Morgan fingerprint density at radius 2 is 1.89 bits per heavy atom. The van der Waals surface area contributed by atoms with Gasteiger partial charge in [0.2, 0.25) is 5.91 Å². The van der Waals surface area contributed by atoms with Gasteiger partial charge in [0.25, 0.3) is 5.69 Å². The van der Waals surface area contributed by atoms with Crippen LogP contribution in [0.4, 0.5) is 16.4 Å². The number of aliphatic imine (C=N–C) groups is 1. The van der Waals surface area contributed by atoms with Crippen molar-refractivity contribution in [2.75, 3.05) is 5.32 Å². The number of amides is 1. The standard InChI is InChI=1S/C29H28N4O3S/c1-19-15-21(20(2)32(19)23-11-8-12-24(16-23)33(35)36)18-30-29-26(25-13-6-7-14-27(25)37-29)17-28(34)31-22-9-4-3-5-10-22/h3-5,8-12,15-16,18H,6-7,13-14,17H2,1-2H3,(H,31,34). The number of fused-ring (bicyclic) bond motifs is 1. The van der Waals surface area contributed by atoms with E-state index < -0.39 is 0 Å². The quantitative estimate of drug-likeness (QED) is 0.166. The van der Waals surface area contributed by atoms with E-state index in [2.05, 4.69) is 5.32 Å². The Kier molecular flexibility index (Phi) is 7.01. The fraction of sp³-hybridized carbons (Fsp3) is 0.241. The second kappa shape index (κ2) is 10.5. The second-order valence-electron chi connectivity index (χ2n) is 9.28. The predicted octanol–water partition coefficient (Wildman–Crippen LogP) is 6.87. The molecule has 0 fully saturated rings. The van der Waals surface area contributed by atoms with E-state index in [1.54, 1.807) is 23.5 Å². The number of non-ortho nitro benzene ring substituents is 1. The smallest absolute Gasteiger partial charge is 0.271 e. The average molecular weight is 513 g/mol. The molecule has 8 heteroatoms. The van der Waals surface area contributed by atoms with Crippen LogP contribution in [-0.4, -0.2) is 21.6 Å². The molecular weight excluding hydrogens is 484 g/mol. The maximum Gasteiger partial charge on any atom is 0.271 e. The Morgan fingerprint density at radius 1 is 1.11 bits per heavy atom. The number of nitro groups is 1. The van der Waals surface area contributed by atoms with Gasteiger partial charge in [0.15, 0.2) is 0 Å². The van der Waals surface area contributed by atoms with Crippen LogP contribution >= 0.6 is 11.3 Å². The summed E-state index contributed by atoms with van der Waals surface area (Å²) >= 11 is 1.69. The zero-order chi connectivity index (χ0) is 25.9. The molecule has 1 aliphatic rings. The molecule has 2 heterocycles. The number of aromatic nitrogens is 1. The maximum atomic E-state index is 12.9. The topological polar surface area (TPSA) is 89.5 Å². The third-order valence-corrected chi connectivity index (χ3v) is 7.99. The third kappa shape index (κ3) is 5.24. The van der Waals surface area contributed by atoms with Gasteiger partial charge in [0.1, 0.15) is 5.00 Å². The first-order valence-corrected chi connectivity index (χ1v) is 13.2. The monoisotopic (exact) mass is 512 g/mol. The van der Waals surface area contributed by atoms with E-state index >= 15 is 0 Å². The Hall–Kier alpha value is -4.04. The van der Waals surface area contributed by atoms with Crippen molar-refractivity contribution in [3.63, 3.8) is 0 Å². The Balaban J connectivity index is 1.45. The number of hydrogen-bond donors (Lipinski definition) is 1. The molecule has 1 N–H and O–H groups in total. The van der Waals surface area contributed by atoms with Gasteiger partial charge in [-0.1, -0.05) is 24.3 Å². The van der Waals surface area contributed by atoms with Crippen LogP contribution in [0.25, 0.3) is 5.69 Å². The van der Waals surface area contributed by atoms with Crippen LogP contribution in [-0.2, 0) is 24.1 Å². The SMILES string of the molecule is Cc1cc(C=Nc2sc3c(c2CC(=O)Nc2ccccc2)CCCC3)c(C)n1-c1cccc([N+](=O)[O-])c1. The van der Waals surface area contributed by atoms with Gasteiger partial charge in [0.05, 0.1) is 17.0 Å². The van der Waals surface area contributed by atoms with Gasteiger partial charge in [-0.2, -0.15) is 0 Å². The van der Waals surface area contributed by atoms with Gasteiger partial charge in [0, 0.05) is 51.4 Å². The molecular formula is C29H28N4O3S. The lowest BCUT2D eigenvalue weighted by molar-refractivity contribution is -0.384. The van der Waals surface area contributed by atoms with Gasteiger partial charge in [-0.15, -0.1) is 11.3 Å². The minimum Gasteiger partial charge on any atom is -0.326 e. The highest BCUT2D eigenvalue weighted by Gasteiger charge is 2.22. The number of benzene rings is 2. The van der Waals surface area contributed by atoms with E-state index in [9.17, 15) is 14.9 Å². The van der Waals surface area contributed by atoms with Gasteiger partial charge in [-0.3, -0.25) is 14.9 Å². The summed E-state index contributed by atoms with van der Waals surface area (Å²) in [5.41, 5.74) is 6.76. The molecule has 0 atom stereocenters. The van der Waals surface area contributed by atoms with E-state index in [-0.39, 0.29) is 16.5 Å². The molecule has 4 aromatic rings. The van der Waals surface area contributed by atoms with Crippen molar-refractivity contribution in [2.45, 2.75) is 46.0 Å². The van der Waals surface area contributed by atoms with Gasteiger partial charge < -0.3 is 9.88 Å². The summed E-state index contributed by atoms with van der Waals surface area (Å²) in [6.45, 7) is 3.97. The van der Waals surface area contributed by atoms with Crippen LogP contribution < -0.4 is 5.32 Å². The van der Waals surface area contributed by atoms with E-state index in [1.807, 2.05) is 67.1 Å². The first-order chi connectivity index (χ1) is 17.9. The lowest BCUT2D eigenvalue weighted by atomic mass is 9.94. The van der Waals surface area contributed by atoms with Crippen molar-refractivity contribution in [3.05, 3.63) is 104 Å².